The molecule has 0 aliphatic rings. The number of hydrogen-bond donors (Lipinski definition) is 1. The summed E-state index contributed by atoms with van der Waals surface area (Å²) in [5, 5.41) is 11.8. The fourth-order valence-electron chi connectivity index (χ4n) is 3.52. The zero-order chi connectivity index (χ0) is 20.5. The highest BCUT2D eigenvalue weighted by atomic mass is 32.1. The minimum atomic E-state index is 0.0219. The van der Waals surface area contributed by atoms with Crippen LogP contribution in [0.15, 0.2) is 29.6 Å². The van der Waals surface area contributed by atoms with E-state index in [9.17, 15) is 4.79 Å². The van der Waals surface area contributed by atoms with Gasteiger partial charge in [-0.05, 0) is 38.0 Å². The minimum Gasteiger partial charge on any atom is -0.350 e. The Morgan fingerprint density at radius 1 is 1.21 bits per heavy atom. The van der Waals surface area contributed by atoms with Crippen molar-refractivity contribution < 1.29 is 4.79 Å². The first-order valence-corrected chi connectivity index (χ1v) is 10.8. The molecule has 6 nitrogen and oxygen atoms in total. The molecule has 1 N–H and O–H groups in total. The highest BCUT2D eigenvalue weighted by molar-refractivity contribution is 7.09. The normalized spacial score (nSPS) is 11.6. The molecule has 0 spiro atoms. The SMILES string of the molecule is Cc1nc2c3ccccc3nn2c(C)c1CCC(=O)NCc1csc(C(C)C)n1. The molecule has 0 saturated heterocycles. The van der Waals surface area contributed by atoms with Gasteiger partial charge < -0.3 is 5.32 Å². The standard InChI is InChI=1S/C22H25N5OS/c1-13(2)22-25-16(12-29-22)11-23-20(28)10-9-17-14(3)24-21-18-7-5-6-8-19(18)26-27(21)15(17)4/h5-8,12-13H,9-11H2,1-4H3,(H,23,28). The van der Waals surface area contributed by atoms with E-state index in [2.05, 4.69) is 29.2 Å². The van der Waals surface area contributed by atoms with Crippen molar-refractivity contribution in [2.75, 3.05) is 0 Å². The van der Waals surface area contributed by atoms with Crippen LogP contribution in [0.1, 0.15) is 53.8 Å². The summed E-state index contributed by atoms with van der Waals surface area (Å²) in [4.78, 5) is 21.7. The summed E-state index contributed by atoms with van der Waals surface area (Å²) in [6.45, 7) is 8.77. The van der Waals surface area contributed by atoms with Gasteiger partial charge in [-0.2, -0.15) is 5.10 Å². The molecule has 4 aromatic rings. The Morgan fingerprint density at radius 2 is 2.00 bits per heavy atom. The third-order valence-corrected chi connectivity index (χ3v) is 6.34. The summed E-state index contributed by atoms with van der Waals surface area (Å²) >= 11 is 1.65. The zero-order valence-electron chi connectivity index (χ0n) is 17.2. The third kappa shape index (κ3) is 3.87. The van der Waals surface area contributed by atoms with Gasteiger partial charge in [0.15, 0.2) is 5.65 Å². The molecule has 0 saturated carbocycles. The predicted octanol–water partition coefficient (Wildman–Crippen LogP) is 4.33. The van der Waals surface area contributed by atoms with E-state index in [0.717, 1.165) is 44.2 Å². The maximum Gasteiger partial charge on any atom is 0.220 e. The molecule has 1 aromatic carbocycles. The van der Waals surface area contributed by atoms with E-state index in [1.54, 1.807) is 11.3 Å². The summed E-state index contributed by atoms with van der Waals surface area (Å²) in [7, 11) is 0. The quantitative estimate of drug-likeness (QED) is 0.516. The average Bonchev–Trinajstić information content (AvgIpc) is 3.31. The Labute approximate surface area is 174 Å². The Hall–Kier alpha value is -2.80. The number of hydrogen-bond acceptors (Lipinski definition) is 5. The van der Waals surface area contributed by atoms with Crippen LogP contribution >= 0.6 is 11.3 Å². The maximum absolute atomic E-state index is 12.4. The van der Waals surface area contributed by atoms with Gasteiger partial charge in [-0.25, -0.2) is 14.5 Å². The lowest BCUT2D eigenvalue weighted by atomic mass is 10.1. The van der Waals surface area contributed by atoms with Gasteiger partial charge in [-0.15, -0.1) is 11.3 Å². The molecule has 150 valence electrons. The van der Waals surface area contributed by atoms with E-state index in [1.807, 2.05) is 48.0 Å². The number of carbonyl (C=O) groups is 1. The van der Waals surface area contributed by atoms with Crippen molar-refractivity contribution in [3.63, 3.8) is 0 Å². The van der Waals surface area contributed by atoms with Gasteiger partial charge in [0, 0.05) is 34.5 Å². The van der Waals surface area contributed by atoms with Crippen LogP contribution < -0.4 is 5.32 Å². The summed E-state index contributed by atoms with van der Waals surface area (Å²) < 4.78 is 1.90. The second-order valence-electron chi connectivity index (χ2n) is 7.62. The number of thiazole rings is 1. The third-order valence-electron chi connectivity index (χ3n) is 5.15. The average molecular weight is 408 g/mol. The van der Waals surface area contributed by atoms with Crippen molar-refractivity contribution in [2.45, 2.75) is 53.0 Å². The van der Waals surface area contributed by atoms with E-state index in [4.69, 9.17) is 4.98 Å². The van der Waals surface area contributed by atoms with Crippen LogP contribution in [-0.2, 0) is 17.8 Å². The first kappa shape index (κ1) is 19.5. The Bertz CT molecular complexity index is 1190. The number of carbonyl (C=O) groups excluding carboxylic acids is 1. The first-order chi connectivity index (χ1) is 13.9. The lowest BCUT2D eigenvalue weighted by molar-refractivity contribution is -0.121. The topological polar surface area (TPSA) is 72.2 Å². The van der Waals surface area contributed by atoms with Crippen LogP contribution in [0.25, 0.3) is 16.6 Å². The molecule has 0 radical (unpaired) electrons. The molecular weight excluding hydrogens is 382 g/mol. The number of amides is 1. The Kier molecular flexibility index (Phi) is 5.32. The highest BCUT2D eigenvalue weighted by Gasteiger charge is 2.15. The van der Waals surface area contributed by atoms with Crippen LogP contribution in [0, 0.1) is 13.8 Å². The van der Waals surface area contributed by atoms with Gasteiger partial charge >= 0.3 is 0 Å². The Balaban J connectivity index is 1.46. The predicted molar refractivity (Wildman–Crippen MR) is 116 cm³/mol. The highest BCUT2D eigenvalue weighted by Crippen LogP contribution is 2.23. The van der Waals surface area contributed by atoms with Gasteiger partial charge in [0.25, 0.3) is 0 Å². The van der Waals surface area contributed by atoms with Gasteiger partial charge in [0.1, 0.15) is 0 Å². The van der Waals surface area contributed by atoms with Crippen LogP contribution in [0.2, 0.25) is 0 Å². The van der Waals surface area contributed by atoms with Crippen molar-refractivity contribution in [2.24, 2.45) is 0 Å². The molecular formula is C22H25N5OS. The maximum atomic E-state index is 12.4. The smallest absolute Gasteiger partial charge is 0.220 e. The summed E-state index contributed by atoms with van der Waals surface area (Å²) in [5.74, 6) is 0.436. The molecule has 0 fully saturated rings. The molecule has 3 aromatic heterocycles. The molecule has 7 heteroatoms. The van der Waals surface area contributed by atoms with Gasteiger partial charge in [0.05, 0.1) is 22.8 Å². The second kappa shape index (κ2) is 7.91. The molecule has 0 aliphatic carbocycles. The molecule has 3 heterocycles. The lowest BCUT2D eigenvalue weighted by Gasteiger charge is -2.11. The van der Waals surface area contributed by atoms with Crippen molar-refractivity contribution in [1.29, 1.82) is 0 Å². The van der Waals surface area contributed by atoms with Crippen molar-refractivity contribution in [1.82, 2.24) is 24.9 Å². The largest absolute Gasteiger partial charge is 0.350 e. The molecule has 29 heavy (non-hydrogen) atoms. The number of nitrogens with zero attached hydrogens (tertiary/aromatic N) is 4. The minimum absolute atomic E-state index is 0.0219. The summed E-state index contributed by atoms with van der Waals surface area (Å²) in [5.41, 5.74) is 5.80. The fourth-order valence-corrected chi connectivity index (χ4v) is 4.36. The van der Waals surface area contributed by atoms with E-state index < -0.39 is 0 Å². The van der Waals surface area contributed by atoms with Gasteiger partial charge in [-0.3, -0.25) is 4.79 Å². The van der Waals surface area contributed by atoms with E-state index in [-0.39, 0.29) is 5.91 Å². The molecule has 1 amide bonds. The van der Waals surface area contributed by atoms with Crippen molar-refractivity contribution in [3.05, 3.63) is 57.3 Å². The zero-order valence-corrected chi connectivity index (χ0v) is 18.0. The summed E-state index contributed by atoms with van der Waals surface area (Å²) in [6.07, 6.45) is 1.05. The van der Waals surface area contributed by atoms with Crippen molar-refractivity contribution >= 4 is 33.8 Å². The number of rotatable bonds is 6. The monoisotopic (exact) mass is 407 g/mol. The van der Waals surface area contributed by atoms with Crippen molar-refractivity contribution in [3.8, 4) is 0 Å². The van der Waals surface area contributed by atoms with E-state index >= 15 is 0 Å². The van der Waals surface area contributed by atoms with Gasteiger partial charge in [0.2, 0.25) is 5.91 Å². The van der Waals surface area contributed by atoms with E-state index in [0.29, 0.717) is 25.3 Å². The molecule has 0 atom stereocenters. The van der Waals surface area contributed by atoms with E-state index in [1.165, 1.54) is 0 Å². The van der Waals surface area contributed by atoms with Gasteiger partial charge in [-0.1, -0.05) is 26.0 Å². The molecule has 0 bridgehead atoms. The Morgan fingerprint density at radius 3 is 2.76 bits per heavy atom. The van der Waals surface area contributed by atoms with Crippen LogP contribution in [0.3, 0.4) is 0 Å². The summed E-state index contributed by atoms with van der Waals surface area (Å²) in [6, 6.07) is 8.02. The second-order valence-corrected chi connectivity index (χ2v) is 8.51. The number of aromatic nitrogens is 4. The number of benzene rings is 1. The number of aryl methyl sites for hydroxylation is 2. The van der Waals surface area contributed by atoms with Crippen LogP contribution in [0.4, 0.5) is 0 Å². The molecule has 4 rings (SSSR count). The van der Waals surface area contributed by atoms with Crippen LogP contribution in [-0.4, -0.2) is 25.5 Å². The number of nitrogens with one attached hydrogen (secondary N) is 1. The molecule has 0 aliphatic heterocycles. The molecule has 0 unspecified atom stereocenters. The fraction of sp³-hybridized carbons (Fsp3) is 0.364. The first-order valence-electron chi connectivity index (χ1n) is 9.88. The number of fused-ring (bicyclic) bond motifs is 3. The lowest BCUT2D eigenvalue weighted by Crippen LogP contribution is -2.23. The van der Waals surface area contributed by atoms with Crippen LogP contribution in [0.5, 0.6) is 0 Å².